The number of rotatable bonds is 6. The van der Waals surface area contributed by atoms with E-state index in [1.54, 1.807) is 12.1 Å². The first-order valence-electron chi connectivity index (χ1n) is 6.47. The quantitative estimate of drug-likeness (QED) is 0.494. The largest absolute Gasteiger partial charge is 0.487 e. The molecule has 2 rings (SSSR count). The molecule has 1 unspecified atom stereocenters. The third kappa shape index (κ3) is 4.18. The maximum absolute atomic E-state index is 10.9. The van der Waals surface area contributed by atoms with Crippen LogP contribution in [0.5, 0.6) is 5.75 Å². The molecule has 104 valence electrons. The Hall–Kier alpha value is -1.14. The van der Waals surface area contributed by atoms with Gasteiger partial charge in [-0.15, -0.1) is 0 Å². The molecular formula is C13H17BrN2O3. The lowest BCUT2D eigenvalue weighted by atomic mass is 10.1. The van der Waals surface area contributed by atoms with Gasteiger partial charge in [0.2, 0.25) is 0 Å². The number of ether oxygens (including phenoxy) is 1. The molecule has 0 spiro atoms. The Bertz CT molecular complexity index is 448. The van der Waals surface area contributed by atoms with Crippen molar-refractivity contribution in [2.75, 3.05) is 13.2 Å². The standard InChI is InChI=1S/C13H17BrN2O3/c14-10-5-6-13(12(9-10)16(17)18)19-8-2-4-11-3-1-7-15-11/h5-6,9,11,15H,1-4,7-8H2. The Kier molecular flexibility index (Phi) is 5.15. The van der Waals surface area contributed by atoms with Gasteiger partial charge in [-0.05, 0) is 44.4 Å². The molecule has 0 aliphatic carbocycles. The maximum atomic E-state index is 10.9. The highest BCUT2D eigenvalue weighted by Gasteiger charge is 2.16. The van der Waals surface area contributed by atoms with E-state index in [-0.39, 0.29) is 5.69 Å². The third-order valence-corrected chi connectivity index (χ3v) is 3.73. The Morgan fingerprint density at radius 2 is 2.37 bits per heavy atom. The van der Waals surface area contributed by atoms with Crippen LogP contribution in [0.1, 0.15) is 25.7 Å². The summed E-state index contributed by atoms with van der Waals surface area (Å²) in [7, 11) is 0. The SMILES string of the molecule is O=[N+]([O-])c1cc(Br)ccc1OCCCC1CCCN1. The van der Waals surface area contributed by atoms with Crippen LogP contribution >= 0.6 is 15.9 Å². The molecule has 1 N–H and O–H groups in total. The molecule has 19 heavy (non-hydrogen) atoms. The van der Waals surface area contributed by atoms with E-state index in [2.05, 4.69) is 21.2 Å². The molecule has 0 saturated carbocycles. The minimum Gasteiger partial charge on any atom is -0.487 e. The Morgan fingerprint density at radius 3 is 3.05 bits per heavy atom. The second-order valence-corrected chi connectivity index (χ2v) is 5.57. The van der Waals surface area contributed by atoms with Gasteiger partial charge in [-0.1, -0.05) is 15.9 Å². The molecule has 6 heteroatoms. The van der Waals surface area contributed by atoms with Crippen LogP contribution < -0.4 is 10.1 Å². The number of benzene rings is 1. The first kappa shape index (κ1) is 14.3. The van der Waals surface area contributed by atoms with E-state index in [4.69, 9.17) is 4.74 Å². The molecule has 5 nitrogen and oxygen atoms in total. The lowest BCUT2D eigenvalue weighted by molar-refractivity contribution is -0.385. The van der Waals surface area contributed by atoms with Gasteiger partial charge in [-0.25, -0.2) is 0 Å². The summed E-state index contributed by atoms with van der Waals surface area (Å²) in [6.45, 7) is 1.62. The van der Waals surface area contributed by atoms with Crippen LogP contribution in [0, 0.1) is 10.1 Å². The molecule has 0 radical (unpaired) electrons. The van der Waals surface area contributed by atoms with Crippen LogP contribution in [0.3, 0.4) is 0 Å². The number of hydrogen-bond donors (Lipinski definition) is 1. The average molecular weight is 329 g/mol. The smallest absolute Gasteiger partial charge is 0.312 e. The van der Waals surface area contributed by atoms with Crippen LogP contribution in [0.15, 0.2) is 22.7 Å². The van der Waals surface area contributed by atoms with Crippen molar-refractivity contribution >= 4 is 21.6 Å². The van der Waals surface area contributed by atoms with Crippen molar-refractivity contribution in [3.05, 3.63) is 32.8 Å². The minimum atomic E-state index is -0.418. The zero-order valence-electron chi connectivity index (χ0n) is 10.6. The van der Waals surface area contributed by atoms with Gasteiger partial charge in [-0.3, -0.25) is 10.1 Å². The van der Waals surface area contributed by atoms with Crippen molar-refractivity contribution in [1.82, 2.24) is 5.32 Å². The number of halogens is 1. The average Bonchev–Trinajstić information content (AvgIpc) is 2.89. The molecule has 1 aliphatic rings. The Balaban J connectivity index is 1.83. The summed E-state index contributed by atoms with van der Waals surface area (Å²) in [5, 5.41) is 14.3. The number of nitro groups is 1. The molecule has 1 atom stereocenters. The summed E-state index contributed by atoms with van der Waals surface area (Å²) in [6.07, 6.45) is 4.43. The normalized spacial score (nSPS) is 18.5. The van der Waals surface area contributed by atoms with Crippen molar-refractivity contribution in [3.8, 4) is 5.75 Å². The topological polar surface area (TPSA) is 64.4 Å². The molecule has 1 saturated heterocycles. The van der Waals surface area contributed by atoms with Crippen molar-refractivity contribution in [1.29, 1.82) is 0 Å². The zero-order chi connectivity index (χ0) is 13.7. The van der Waals surface area contributed by atoms with E-state index in [0.29, 0.717) is 22.9 Å². The van der Waals surface area contributed by atoms with E-state index in [0.717, 1.165) is 19.4 Å². The summed E-state index contributed by atoms with van der Waals surface area (Å²) in [5.74, 6) is 0.340. The second-order valence-electron chi connectivity index (χ2n) is 4.65. The van der Waals surface area contributed by atoms with Crippen molar-refractivity contribution in [2.24, 2.45) is 0 Å². The van der Waals surface area contributed by atoms with Crippen LogP contribution in [0.2, 0.25) is 0 Å². The number of hydrogen-bond acceptors (Lipinski definition) is 4. The molecule has 0 bridgehead atoms. The van der Waals surface area contributed by atoms with E-state index in [1.807, 2.05) is 0 Å². The van der Waals surface area contributed by atoms with E-state index >= 15 is 0 Å². The monoisotopic (exact) mass is 328 g/mol. The van der Waals surface area contributed by atoms with Crippen molar-refractivity contribution in [2.45, 2.75) is 31.7 Å². The molecule has 1 aromatic rings. The Labute approximate surface area is 120 Å². The van der Waals surface area contributed by atoms with E-state index < -0.39 is 4.92 Å². The van der Waals surface area contributed by atoms with E-state index in [1.165, 1.54) is 18.9 Å². The van der Waals surface area contributed by atoms with Crippen molar-refractivity contribution < 1.29 is 9.66 Å². The summed E-state index contributed by atoms with van der Waals surface area (Å²) in [5.41, 5.74) is 0.00775. The Morgan fingerprint density at radius 1 is 1.53 bits per heavy atom. The third-order valence-electron chi connectivity index (χ3n) is 3.23. The van der Waals surface area contributed by atoms with Gasteiger partial charge in [0.05, 0.1) is 11.5 Å². The van der Waals surface area contributed by atoms with Gasteiger partial charge in [0.15, 0.2) is 5.75 Å². The van der Waals surface area contributed by atoms with E-state index in [9.17, 15) is 10.1 Å². The zero-order valence-corrected chi connectivity index (χ0v) is 12.2. The van der Waals surface area contributed by atoms with Gasteiger partial charge >= 0.3 is 5.69 Å². The second kappa shape index (κ2) is 6.86. The van der Waals surface area contributed by atoms with Crippen LogP contribution in [0.4, 0.5) is 5.69 Å². The predicted octanol–water partition coefficient (Wildman–Crippen LogP) is 3.27. The minimum absolute atomic E-state index is 0.00775. The lowest BCUT2D eigenvalue weighted by Gasteiger charge is -2.10. The fourth-order valence-corrected chi connectivity index (χ4v) is 2.62. The molecule has 0 amide bonds. The summed E-state index contributed by atoms with van der Waals surface area (Å²) in [6, 6.07) is 5.44. The fourth-order valence-electron chi connectivity index (χ4n) is 2.27. The number of nitrogens with zero attached hydrogens (tertiary/aromatic N) is 1. The number of nitro benzene ring substituents is 1. The molecule has 1 aliphatic heterocycles. The highest BCUT2D eigenvalue weighted by Crippen LogP contribution is 2.30. The summed E-state index contributed by atoms with van der Waals surface area (Å²) < 4.78 is 6.21. The van der Waals surface area contributed by atoms with Crippen LogP contribution in [0.25, 0.3) is 0 Å². The molecular weight excluding hydrogens is 312 g/mol. The van der Waals surface area contributed by atoms with Gasteiger partial charge in [0.1, 0.15) is 0 Å². The van der Waals surface area contributed by atoms with Gasteiger partial charge in [0.25, 0.3) is 0 Å². The van der Waals surface area contributed by atoms with Gasteiger partial charge in [-0.2, -0.15) is 0 Å². The predicted molar refractivity (Wildman–Crippen MR) is 76.6 cm³/mol. The van der Waals surface area contributed by atoms with Crippen LogP contribution in [-0.2, 0) is 0 Å². The summed E-state index contributed by atoms with van der Waals surface area (Å²) >= 11 is 3.22. The fraction of sp³-hybridized carbons (Fsp3) is 0.538. The first-order valence-corrected chi connectivity index (χ1v) is 7.26. The molecule has 0 aromatic heterocycles. The lowest BCUT2D eigenvalue weighted by Crippen LogP contribution is -2.21. The highest BCUT2D eigenvalue weighted by molar-refractivity contribution is 9.10. The molecule has 1 aromatic carbocycles. The highest BCUT2D eigenvalue weighted by atomic mass is 79.9. The van der Waals surface area contributed by atoms with Crippen molar-refractivity contribution in [3.63, 3.8) is 0 Å². The number of nitrogens with one attached hydrogen (secondary N) is 1. The van der Waals surface area contributed by atoms with Gasteiger partial charge < -0.3 is 10.1 Å². The maximum Gasteiger partial charge on any atom is 0.312 e. The summed E-state index contributed by atoms with van der Waals surface area (Å²) in [4.78, 5) is 10.5. The van der Waals surface area contributed by atoms with Crippen LogP contribution in [-0.4, -0.2) is 24.1 Å². The molecule has 1 fully saturated rings. The van der Waals surface area contributed by atoms with Gasteiger partial charge in [0, 0.05) is 16.6 Å². The molecule has 1 heterocycles. The first-order chi connectivity index (χ1) is 9.16.